The quantitative estimate of drug-likeness (QED) is 0.878. The first-order chi connectivity index (χ1) is 9.21. The van der Waals surface area contributed by atoms with Gasteiger partial charge in [0.2, 0.25) is 17.2 Å². The Bertz CT molecular complexity index is 558. The largest absolute Gasteiger partial charge is 0.354 e. The molecule has 0 saturated heterocycles. The monoisotopic (exact) mass is 277 g/mol. The zero-order valence-corrected chi connectivity index (χ0v) is 11.7. The van der Waals surface area contributed by atoms with Gasteiger partial charge in [-0.15, -0.1) is 0 Å². The van der Waals surface area contributed by atoms with Crippen LogP contribution in [0, 0.1) is 0 Å². The second-order valence-corrected chi connectivity index (χ2v) is 4.30. The molecule has 6 heteroatoms. The van der Waals surface area contributed by atoms with E-state index in [0.717, 1.165) is 18.7 Å². The van der Waals surface area contributed by atoms with Crippen molar-refractivity contribution in [1.82, 2.24) is 15.0 Å². The van der Waals surface area contributed by atoms with Gasteiger partial charge in [0, 0.05) is 12.2 Å². The molecule has 5 nitrogen and oxygen atoms in total. The second kappa shape index (κ2) is 6.33. The van der Waals surface area contributed by atoms with E-state index in [4.69, 9.17) is 11.6 Å². The zero-order valence-electron chi connectivity index (χ0n) is 10.9. The Balaban J connectivity index is 2.22. The number of anilines is 3. The fourth-order valence-corrected chi connectivity index (χ4v) is 1.80. The van der Waals surface area contributed by atoms with E-state index in [0.29, 0.717) is 11.9 Å². The Morgan fingerprint density at radius 1 is 1.11 bits per heavy atom. The van der Waals surface area contributed by atoms with Crippen LogP contribution in [-0.2, 0) is 6.42 Å². The smallest absolute Gasteiger partial charge is 0.233 e. The maximum atomic E-state index is 5.87. The molecule has 1 aromatic heterocycles. The summed E-state index contributed by atoms with van der Waals surface area (Å²) in [6, 6.07) is 8.10. The van der Waals surface area contributed by atoms with Crippen LogP contribution in [0.1, 0.15) is 19.4 Å². The van der Waals surface area contributed by atoms with Crippen LogP contribution in [-0.4, -0.2) is 21.5 Å². The predicted octanol–water partition coefficient (Wildman–Crippen LogP) is 3.26. The highest BCUT2D eigenvalue weighted by Gasteiger charge is 2.04. The second-order valence-electron chi connectivity index (χ2n) is 3.96. The lowest BCUT2D eigenvalue weighted by Gasteiger charge is -2.08. The van der Waals surface area contributed by atoms with Gasteiger partial charge in [-0.1, -0.05) is 19.1 Å². The Labute approximate surface area is 117 Å². The Morgan fingerprint density at radius 3 is 2.63 bits per heavy atom. The molecule has 2 rings (SSSR count). The maximum Gasteiger partial charge on any atom is 0.233 e. The van der Waals surface area contributed by atoms with E-state index in [1.807, 2.05) is 19.1 Å². The average Bonchev–Trinajstić information content (AvgIpc) is 2.38. The first kappa shape index (κ1) is 13.5. The third-order valence-corrected chi connectivity index (χ3v) is 2.70. The van der Waals surface area contributed by atoms with E-state index in [1.165, 1.54) is 5.56 Å². The number of nitrogens with zero attached hydrogens (tertiary/aromatic N) is 3. The summed E-state index contributed by atoms with van der Waals surface area (Å²) < 4.78 is 0. The number of rotatable bonds is 5. The highest BCUT2D eigenvalue weighted by Crippen LogP contribution is 2.17. The standard InChI is InChI=1S/C13H16ClN5/c1-3-9-6-5-7-10(8-9)16-13-18-11(14)17-12(19-13)15-4-2/h5-8H,3-4H2,1-2H3,(H2,15,16,17,18,19). The summed E-state index contributed by atoms with van der Waals surface area (Å²) in [6.45, 7) is 4.81. The third-order valence-electron chi connectivity index (χ3n) is 2.53. The van der Waals surface area contributed by atoms with Gasteiger partial charge < -0.3 is 10.6 Å². The molecule has 1 heterocycles. The molecule has 0 fully saturated rings. The molecule has 0 aliphatic carbocycles. The van der Waals surface area contributed by atoms with Crippen molar-refractivity contribution in [2.24, 2.45) is 0 Å². The highest BCUT2D eigenvalue weighted by molar-refractivity contribution is 6.28. The van der Waals surface area contributed by atoms with E-state index in [-0.39, 0.29) is 5.28 Å². The van der Waals surface area contributed by atoms with Crippen LogP contribution in [0.15, 0.2) is 24.3 Å². The molecule has 2 N–H and O–H groups in total. The van der Waals surface area contributed by atoms with Gasteiger partial charge in [0.1, 0.15) is 0 Å². The number of aromatic nitrogens is 3. The highest BCUT2D eigenvalue weighted by atomic mass is 35.5. The van der Waals surface area contributed by atoms with Gasteiger partial charge in [-0.2, -0.15) is 15.0 Å². The average molecular weight is 278 g/mol. The first-order valence-corrected chi connectivity index (χ1v) is 6.60. The van der Waals surface area contributed by atoms with Crippen LogP contribution in [0.2, 0.25) is 5.28 Å². The molecule has 0 aliphatic rings. The minimum absolute atomic E-state index is 0.167. The molecule has 2 aromatic rings. The van der Waals surface area contributed by atoms with Gasteiger partial charge in [0.25, 0.3) is 0 Å². The molecular formula is C13H16ClN5. The number of hydrogen-bond acceptors (Lipinski definition) is 5. The summed E-state index contributed by atoms with van der Waals surface area (Å²) in [5, 5.41) is 6.31. The van der Waals surface area contributed by atoms with Crippen LogP contribution < -0.4 is 10.6 Å². The lowest BCUT2D eigenvalue weighted by Crippen LogP contribution is -2.06. The van der Waals surface area contributed by atoms with Gasteiger partial charge in [-0.25, -0.2) is 0 Å². The topological polar surface area (TPSA) is 62.7 Å². The summed E-state index contributed by atoms with van der Waals surface area (Å²) in [5.74, 6) is 0.904. The predicted molar refractivity (Wildman–Crippen MR) is 78.1 cm³/mol. The molecular weight excluding hydrogens is 262 g/mol. The van der Waals surface area contributed by atoms with Gasteiger partial charge in [-0.3, -0.25) is 0 Å². The molecule has 0 unspecified atom stereocenters. The molecule has 0 atom stereocenters. The van der Waals surface area contributed by atoms with Crippen LogP contribution in [0.5, 0.6) is 0 Å². The molecule has 100 valence electrons. The van der Waals surface area contributed by atoms with Gasteiger partial charge >= 0.3 is 0 Å². The lowest BCUT2D eigenvalue weighted by atomic mass is 10.1. The Hall–Kier alpha value is -1.88. The Morgan fingerprint density at radius 2 is 1.89 bits per heavy atom. The van der Waals surface area contributed by atoms with E-state index in [1.54, 1.807) is 0 Å². The molecule has 0 amide bonds. The number of halogens is 1. The normalized spacial score (nSPS) is 10.3. The maximum absolute atomic E-state index is 5.87. The molecule has 1 aromatic carbocycles. The van der Waals surface area contributed by atoms with E-state index in [2.05, 4.69) is 44.6 Å². The minimum Gasteiger partial charge on any atom is -0.354 e. The van der Waals surface area contributed by atoms with Crippen molar-refractivity contribution in [1.29, 1.82) is 0 Å². The summed E-state index contributed by atoms with van der Waals surface area (Å²) in [4.78, 5) is 12.3. The van der Waals surface area contributed by atoms with Crippen molar-refractivity contribution < 1.29 is 0 Å². The Kier molecular flexibility index (Phi) is 4.52. The third kappa shape index (κ3) is 3.79. The molecule has 0 saturated carbocycles. The van der Waals surface area contributed by atoms with Crippen molar-refractivity contribution in [2.45, 2.75) is 20.3 Å². The summed E-state index contributed by atoms with van der Waals surface area (Å²) in [5.41, 5.74) is 2.18. The number of aryl methyl sites for hydroxylation is 1. The summed E-state index contributed by atoms with van der Waals surface area (Å²) in [6.07, 6.45) is 0.982. The van der Waals surface area contributed by atoms with Crippen LogP contribution in [0.3, 0.4) is 0 Å². The van der Waals surface area contributed by atoms with E-state index < -0.39 is 0 Å². The lowest BCUT2D eigenvalue weighted by molar-refractivity contribution is 1.02. The van der Waals surface area contributed by atoms with E-state index >= 15 is 0 Å². The van der Waals surface area contributed by atoms with Crippen LogP contribution in [0.4, 0.5) is 17.6 Å². The van der Waals surface area contributed by atoms with Gasteiger partial charge in [-0.05, 0) is 42.6 Å². The summed E-state index contributed by atoms with van der Waals surface area (Å²) >= 11 is 5.87. The number of hydrogen-bond donors (Lipinski definition) is 2. The van der Waals surface area contributed by atoms with Crippen molar-refractivity contribution in [2.75, 3.05) is 17.2 Å². The SMILES string of the molecule is CCNc1nc(Cl)nc(Nc2cccc(CC)c2)n1. The number of benzene rings is 1. The zero-order chi connectivity index (χ0) is 13.7. The van der Waals surface area contributed by atoms with Crippen LogP contribution in [0.25, 0.3) is 0 Å². The molecule has 0 radical (unpaired) electrons. The van der Waals surface area contributed by atoms with Crippen LogP contribution >= 0.6 is 11.6 Å². The first-order valence-electron chi connectivity index (χ1n) is 6.22. The molecule has 0 bridgehead atoms. The number of nitrogens with one attached hydrogen (secondary N) is 2. The molecule has 0 spiro atoms. The molecule has 0 aliphatic heterocycles. The summed E-state index contributed by atoms with van der Waals surface area (Å²) in [7, 11) is 0. The van der Waals surface area contributed by atoms with Crippen molar-refractivity contribution >= 4 is 29.2 Å². The molecule has 19 heavy (non-hydrogen) atoms. The van der Waals surface area contributed by atoms with Gasteiger partial charge in [0.05, 0.1) is 0 Å². The fraction of sp³-hybridized carbons (Fsp3) is 0.308. The van der Waals surface area contributed by atoms with E-state index in [9.17, 15) is 0 Å². The van der Waals surface area contributed by atoms with Gasteiger partial charge in [0.15, 0.2) is 0 Å². The minimum atomic E-state index is 0.167. The van der Waals surface area contributed by atoms with Crippen molar-refractivity contribution in [3.63, 3.8) is 0 Å². The fourth-order valence-electron chi connectivity index (χ4n) is 1.64. The van der Waals surface area contributed by atoms with Crippen molar-refractivity contribution in [3.05, 3.63) is 35.1 Å². The van der Waals surface area contributed by atoms with Crippen molar-refractivity contribution in [3.8, 4) is 0 Å².